The summed E-state index contributed by atoms with van der Waals surface area (Å²) in [6.45, 7) is 4.49. The van der Waals surface area contributed by atoms with E-state index in [1.807, 2.05) is 18.5 Å². The van der Waals surface area contributed by atoms with Crippen molar-refractivity contribution in [1.29, 1.82) is 0 Å². The van der Waals surface area contributed by atoms with Crippen LogP contribution in [0.2, 0.25) is 0 Å². The number of aromatic nitrogens is 1. The van der Waals surface area contributed by atoms with E-state index in [0.29, 0.717) is 12.1 Å². The summed E-state index contributed by atoms with van der Waals surface area (Å²) in [4.78, 5) is 4.16. The first kappa shape index (κ1) is 10.6. The van der Waals surface area contributed by atoms with Crippen LogP contribution in [0.4, 0.5) is 0 Å². The highest BCUT2D eigenvalue weighted by atomic mass is 15.0. The lowest BCUT2D eigenvalue weighted by atomic mass is 10.1. The monoisotopic (exact) mass is 204 g/mol. The van der Waals surface area contributed by atoms with E-state index >= 15 is 0 Å². The van der Waals surface area contributed by atoms with Gasteiger partial charge in [-0.3, -0.25) is 4.98 Å². The van der Waals surface area contributed by atoms with Gasteiger partial charge in [0.1, 0.15) is 0 Å². The largest absolute Gasteiger partial charge is 0.307 e. The molecule has 82 valence electrons. The molecule has 1 aromatic heterocycles. The number of hydrogen-bond donors (Lipinski definition) is 1. The zero-order valence-corrected chi connectivity index (χ0v) is 9.61. The van der Waals surface area contributed by atoms with Crippen molar-refractivity contribution in [2.24, 2.45) is 5.92 Å². The maximum atomic E-state index is 4.16. The van der Waals surface area contributed by atoms with Crippen LogP contribution < -0.4 is 5.32 Å². The molecule has 2 atom stereocenters. The summed E-state index contributed by atoms with van der Waals surface area (Å²) in [6.07, 6.45) is 7.83. The fourth-order valence-corrected chi connectivity index (χ4v) is 2.14. The van der Waals surface area contributed by atoms with E-state index in [-0.39, 0.29) is 0 Å². The quantitative estimate of drug-likeness (QED) is 0.797. The lowest BCUT2D eigenvalue weighted by molar-refractivity contribution is 0.404. The number of nitrogens with zero attached hydrogens (tertiary/aromatic N) is 1. The van der Waals surface area contributed by atoms with Crippen LogP contribution in [0.25, 0.3) is 0 Å². The standard InChI is InChI=1S/C13H20N2/c1-3-13(11-6-7-11)15-10(2)12-5-4-8-14-9-12/h4-5,8-11,13,15H,3,6-7H2,1-2H3/t10-,13?/m1/s1. The van der Waals surface area contributed by atoms with E-state index in [1.54, 1.807) is 0 Å². The topological polar surface area (TPSA) is 24.9 Å². The molecule has 0 saturated heterocycles. The Labute approximate surface area is 92.1 Å². The van der Waals surface area contributed by atoms with Crippen molar-refractivity contribution in [2.75, 3.05) is 0 Å². The highest BCUT2D eigenvalue weighted by Crippen LogP contribution is 2.34. The van der Waals surface area contributed by atoms with Crippen molar-refractivity contribution in [3.63, 3.8) is 0 Å². The van der Waals surface area contributed by atoms with Crippen molar-refractivity contribution < 1.29 is 0 Å². The molecule has 1 fully saturated rings. The normalized spacial score (nSPS) is 19.9. The molecule has 1 unspecified atom stereocenters. The summed E-state index contributed by atoms with van der Waals surface area (Å²) in [5.74, 6) is 0.925. The van der Waals surface area contributed by atoms with Gasteiger partial charge < -0.3 is 5.32 Å². The van der Waals surface area contributed by atoms with Crippen LogP contribution in [0.3, 0.4) is 0 Å². The molecule has 0 spiro atoms. The molecule has 2 heteroatoms. The highest BCUT2D eigenvalue weighted by molar-refractivity contribution is 5.13. The van der Waals surface area contributed by atoms with E-state index in [0.717, 1.165) is 5.92 Å². The van der Waals surface area contributed by atoms with E-state index in [2.05, 4.69) is 30.2 Å². The average molecular weight is 204 g/mol. The van der Waals surface area contributed by atoms with Crippen molar-refractivity contribution >= 4 is 0 Å². The Morgan fingerprint density at radius 1 is 1.53 bits per heavy atom. The molecule has 1 aliphatic rings. The summed E-state index contributed by atoms with van der Waals surface area (Å²) in [6, 6.07) is 5.26. The van der Waals surface area contributed by atoms with Crippen LogP contribution in [0.15, 0.2) is 24.5 Å². The fraction of sp³-hybridized carbons (Fsp3) is 0.615. The van der Waals surface area contributed by atoms with Gasteiger partial charge in [-0.1, -0.05) is 13.0 Å². The smallest absolute Gasteiger partial charge is 0.0315 e. The first-order chi connectivity index (χ1) is 7.31. The van der Waals surface area contributed by atoms with Crippen LogP contribution in [0, 0.1) is 5.92 Å². The first-order valence-corrected chi connectivity index (χ1v) is 5.97. The van der Waals surface area contributed by atoms with Gasteiger partial charge in [0.2, 0.25) is 0 Å². The highest BCUT2D eigenvalue weighted by Gasteiger charge is 2.30. The summed E-state index contributed by atoms with van der Waals surface area (Å²) in [5.41, 5.74) is 1.29. The van der Waals surface area contributed by atoms with E-state index in [9.17, 15) is 0 Å². The maximum absolute atomic E-state index is 4.16. The van der Waals surface area contributed by atoms with Gasteiger partial charge >= 0.3 is 0 Å². The Bertz CT molecular complexity index is 293. The van der Waals surface area contributed by atoms with Gasteiger partial charge in [-0.15, -0.1) is 0 Å². The van der Waals surface area contributed by atoms with Gasteiger partial charge in [0.15, 0.2) is 0 Å². The summed E-state index contributed by atoms with van der Waals surface area (Å²) >= 11 is 0. The van der Waals surface area contributed by atoms with Gasteiger partial charge in [-0.2, -0.15) is 0 Å². The molecule has 1 N–H and O–H groups in total. The van der Waals surface area contributed by atoms with Gasteiger partial charge in [0, 0.05) is 24.5 Å². The van der Waals surface area contributed by atoms with Crippen molar-refractivity contribution in [3.05, 3.63) is 30.1 Å². The lowest BCUT2D eigenvalue weighted by Crippen LogP contribution is -2.32. The molecule has 1 aromatic rings. The molecule has 0 aliphatic heterocycles. The Kier molecular flexibility index (Phi) is 3.37. The average Bonchev–Trinajstić information content (AvgIpc) is 3.10. The number of hydrogen-bond acceptors (Lipinski definition) is 2. The molecule has 1 aliphatic carbocycles. The van der Waals surface area contributed by atoms with E-state index < -0.39 is 0 Å². The molecule has 1 heterocycles. The lowest BCUT2D eigenvalue weighted by Gasteiger charge is -2.22. The zero-order chi connectivity index (χ0) is 10.7. The van der Waals surface area contributed by atoms with Crippen molar-refractivity contribution in [2.45, 2.75) is 45.2 Å². The SMILES string of the molecule is CCC(N[C@H](C)c1cccnc1)C1CC1. The van der Waals surface area contributed by atoms with Gasteiger partial charge in [0.25, 0.3) is 0 Å². The molecular formula is C13H20N2. The molecule has 2 rings (SSSR count). The third kappa shape index (κ3) is 2.78. The van der Waals surface area contributed by atoms with Gasteiger partial charge in [-0.05, 0) is 43.7 Å². The predicted octanol–water partition coefficient (Wildman–Crippen LogP) is 2.92. The molecule has 0 aromatic carbocycles. The molecule has 2 nitrogen and oxygen atoms in total. The van der Waals surface area contributed by atoms with Crippen molar-refractivity contribution in [3.8, 4) is 0 Å². The number of pyridine rings is 1. The second-order valence-corrected chi connectivity index (χ2v) is 4.53. The molecule has 0 bridgehead atoms. The van der Waals surface area contributed by atoms with Crippen LogP contribution >= 0.6 is 0 Å². The zero-order valence-electron chi connectivity index (χ0n) is 9.61. The van der Waals surface area contributed by atoms with Crippen LogP contribution in [-0.2, 0) is 0 Å². The third-order valence-electron chi connectivity index (χ3n) is 3.28. The minimum atomic E-state index is 0.421. The molecule has 0 radical (unpaired) electrons. The Balaban J connectivity index is 1.93. The summed E-state index contributed by atoms with van der Waals surface area (Å²) < 4.78 is 0. The Hall–Kier alpha value is -0.890. The maximum Gasteiger partial charge on any atom is 0.0315 e. The molecule has 1 saturated carbocycles. The third-order valence-corrected chi connectivity index (χ3v) is 3.28. The van der Waals surface area contributed by atoms with Crippen LogP contribution in [0.5, 0.6) is 0 Å². The van der Waals surface area contributed by atoms with Crippen LogP contribution in [-0.4, -0.2) is 11.0 Å². The second-order valence-electron chi connectivity index (χ2n) is 4.53. The van der Waals surface area contributed by atoms with Gasteiger partial charge in [0.05, 0.1) is 0 Å². The summed E-state index contributed by atoms with van der Waals surface area (Å²) in [5, 5.41) is 3.70. The molecular weight excluding hydrogens is 184 g/mol. The first-order valence-electron chi connectivity index (χ1n) is 5.97. The minimum Gasteiger partial charge on any atom is -0.307 e. The van der Waals surface area contributed by atoms with Gasteiger partial charge in [-0.25, -0.2) is 0 Å². The molecule has 0 amide bonds. The minimum absolute atomic E-state index is 0.421. The van der Waals surface area contributed by atoms with E-state index in [4.69, 9.17) is 0 Å². The second kappa shape index (κ2) is 4.75. The predicted molar refractivity (Wildman–Crippen MR) is 62.6 cm³/mol. The van der Waals surface area contributed by atoms with Crippen LogP contribution in [0.1, 0.15) is 44.7 Å². The summed E-state index contributed by atoms with van der Waals surface area (Å²) in [7, 11) is 0. The van der Waals surface area contributed by atoms with E-state index in [1.165, 1.54) is 24.8 Å². The Morgan fingerprint density at radius 3 is 2.87 bits per heavy atom. The Morgan fingerprint density at radius 2 is 2.33 bits per heavy atom. The number of rotatable bonds is 5. The van der Waals surface area contributed by atoms with Crippen molar-refractivity contribution in [1.82, 2.24) is 10.3 Å². The number of nitrogens with one attached hydrogen (secondary N) is 1. The molecule has 15 heavy (non-hydrogen) atoms. The fourth-order valence-electron chi connectivity index (χ4n) is 2.14.